The summed E-state index contributed by atoms with van der Waals surface area (Å²) in [4.78, 5) is 35.2. The fourth-order valence-electron chi connectivity index (χ4n) is 9.44. The predicted octanol–water partition coefficient (Wildman–Crippen LogP) is 19.8. The molecule has 0 aromatic rings. The smallest absolute Gasteiger partial charge is 0.462 e. The molecule has 72 heavy (non-hydrogen) atoms. The molecule has 0 saturated carbocycles. The first-order chi connectivity index (χ1) is 35.3. The first-order valence-electron chi connectivity index (χ1n) is 31.3. The van der Waals surface area contributed by atoms with Crippen LogP contribution in [0.1, 0.15) is 328 Å². The van der Waals surface area contributed by atoms with E-state index in [0.717, 1.165) is 44.9 Å². The summed E-state index contributed by atoms with van der Waals surface area (Å²) in [5.41, 5.74) is 5.39. The number of carbonyl (C=O) groups excluding carboxylic acids is 2. The fraction of sp³-hybridized carbons (Fsp3) is 0.903. The molecule has 2 unspecified atom stereocenters. The molecule has 426 valence electrons. The second-order valence-electron chi connectivity index (χ2n) is 21.3. The monoisotopic (exact) mass is 1040 g/mol. The predicted molar refractivity (Wildman–Crippen MR) is 307 cm³/mol. The summed E-state index contributed by atoms with van der Waals surface area (Å²) in [6.07, 6.45) is 69.6. The highest BCUT2D eigenvalue weighted by molar-refractivity contribution is 7.47. The summed E-state index contributed by atoms with van der Waals surface area (Å²) in [6.45, 7) is 3.80. The lowest BCUT2D eigenvalue weighted by Crippen LogP contribution is -2.29. The van der Waals surface area contributed by atoms with E-state index >= 15 is 0 Å². The molecule has 0 saturated heterocycles. The number of hydrogen-bond acceptors (Lipinski definition) is 8. The minimum atomic E-state index is -4.39. The Morgan fingerprint density at radius 3 is 1.06 bits per heavy atom. The number of hydrogen-bond donors (Lipinski definition) is 2. The van der Waals surface area contributed by atoms with Gasteiger partial charge in [-0.1, -0.05) is 295 Å². The van der Waals surface area contributed by atoms with Gasteiger partial charge in [0.05, 0.1) is 13.2 Å². The number of ether oxygens (including phenoxy) is 2. The van der Waals surface area contributed by atoms with E-state index in [9.17, 15) is 19.0 Å². The third-order valence-corrected chi connectivity index (χ3v) is 15.1. The van der Waals surface area contributed by atoms with Gasteiger partial charge in [-0.2, -0.15) is 0 Å². The molecule has 0 bridgehead atoms. The summed E-state index contributed by atoms with van der Waals surface area (Å²) in [6, 6.07) is 0. The molecule has 0 fully saturated rings. The zero-order valence-corrected chi connectivity index (χ0v) is 48.6. The summed E-state index contributed by atoms with van der Waals surface area (Å²) in [5, 5.41) is 0. The molecule has 0 radical (unpaired) electrons. The molecule has 0 aliphatic carbocycles. The Bertz CT molecular complexity index is 1230. The van der Waals surface area contributed by atoms with Crippen molar-refractivity contribution >= 4 is 19.8 Å². The Morgan fingerprint density at radius 1 is 0.417 bits per heavy atom. The van der Waals surface area contributed by atoms with Gasteiger partial charge in [0.25, 0.3) is 0 Å². The molecule has 0 amide bonds. The van der Waals surface area contributed by atoms with Crippen LogP contribution < -0.4 is 5.73 Å². The quantitative estimate of drug-likeness (QED) is 0.0264. The van der Waals surface area contributed by atoms with Gasteiger partial charge < -0.3 is 20.1 Å². The normalized spacial score (nSPS) is 13.1. The van der Waals surface area contributed by atoms with Crippen molar-refractivity contribution in [1.29, 1.82) is 0 Å². The Hall–Kier alpha value is -1.51. The summed E-state index contributed by atoms with van der Waals surface area (Å²) < 4.78 is 33.1. The number of phosphoric ester groups is 1. The lowest BCUT2D eigenvalue weighted by atomic mass is 10.0. The molecule has 9 nitrogen and oxygen atoms in total. The molecule has 0 aromatic heterocycles. The van der Waals surface area contributed by atoms with Gasteiger partial charge in [-0.3, -0.25) is 18.6 Å². The van der Waals surface area contributed by atoms with Crippen LogP contribution in [0.15, 0.2) is 24.3 Å². The third kappa shape index (κ3) is 57.8. The Morgan fingerprint density at radius 2 is 0.722 bits per heavy atom. The van der Waals surface area contributed by atoms with Crippen molar-refractivity contribution in [2.45, 2.75) is 335 Å². The Kier molecular flexibility index (Phi) is 57.5. The van der Waals surface area contributed by atoms with E-state index in [0.29, 0.717) is 6.42 Å². The van der Waals surface area contributed by atoms with Crippen molar-refractivity contribution in [2.75, 3.05) is 26.4 Å². The van der Waals surface area contributed by atoms with E-state index in [1.807, 2.05) is 0 Å². The van der Waals surface area contributed by atoms with E-state index in [-0.39, 0.29) is 38.6 Å². The summed E-state index contributed by atoms with van der Waals surface area (Å²) >= 11 is 0. The van der Waals surface area contributed by atoms with Crippen LogP contribution in [-0.4, -0.2) is 49.3 Å². The van der Waals surface area contributed by atoms with E-state index in [1.165, 1.54) is 250 Å². The van der Waals surface area contributed by atoms with Crippen molar-refractivity contribution in [1.82, 2.24) is 0 Å². The third-order valence-electron chi connectivity index (χ3n) is 14.1. The first-order valence-corrected chi connectivity index (χ1v) is 32.8. The Balaban J connectivity index is 3.89. The van der Waals surface area contributed by atoms with Crippen molar-refractivity contribution in [3.8, 4) is 0 Å². The highest BCUT2D eigenvalue weighted by Gasteiger charge is 2.26. The van der Waals surface area contributed by atoms with Gasteiger partial charge in [0.1, 0.15) is 6.61 Å². The van der Waals surface area contributed by atoms with Crippen molar-refractivity contribution < 1.29 is 37.6 Å². The van der Waals surface area contributed by atoms with Crippen LogP contribution in [0, 0.1) is 0 Å². The van der Waals surface area contributed by atoms with E-state index < -0.39 is 26.5 Å². The molecule has 0 aliphatic heterocycles. The molecule has 10 heteroatoms. The molecule has 0 spiro atoms. The first kappa shape index (κ1) is 70.5. The van der Waals surface area contributed by atoms with Crippen LogP contribution in [0.4, 0.5) is 0 Å². The second kappa shape index (κ2) is 58.7. The van der Waals surface area contributed by atoms with Crippen molar-refractivity contribution in [2.24, 2.45) is 5.73 Å². The van der Waals surface area contributed by atoms with Gasteiger partial charge in [0.15, 0.2) is 6.10 Å². The molecule has 2 atom stereocenters. The minimum Gasteiger partial charge on any atom is -0.462 e. The van der Waals surface area contributed by atoms with Crippen molar-refractivity contribution in [3.05, 3.63) is 24.3 Å². The van der Waals surface area contributed by atoms with Crippen LogP contribution in [0.2, 0.25) is 0 Å². The van der Waals surface area contributed by atoms with Gasteiger partial charge in [-0.25, -0.2) is 4.57 Å². The molecule has 0 heterocycles. The molecular formula is C62H120NO8P. The lowest BCUT2D eigenvalue weighted by molar-refractivity contribution is -0.161. The highest BCUT2D eigenvalue weighted by atomic mass is 31.2. The summed E-state index contributed by atoms with van der Waals surface area (Å²) in [5.74, 6) is -0.808. The maximum Gasteiger partial charge on any atom is 0.472 e. The van der Waals surface area contributed by atoms with E-state index in [1.54, 1.807) is 0 Å². The minimum absolute atomic E-state index is 0.0560. The van der Waals surface area contributed by atoms with E-state index in [4.69, 9.17) is 24.3 Å². The zero-order valence-electron chi connectivity index (χ0n) is 47.7. The van der Waals surface area contributed by atoms with Gasteiger partial charge >= 0.3 is 19.8 Å². The Labute approximate surface area is 446 Å². The van der Waals surface area contributed by atoms with Crippen LogP contribution in [-0.2, 0) is 32.7 Å². The number of unbranched alkanes of at least 4 members (excludes halogenated alkanes) is 43. The largest absolute Gasteiger partial charge is 0.472 e. The van der Waals surface area contributed by atoms with Crippen molar-refractivity contribution in [3.63, 3.8) is 0 Å². The summed E-state index contributed by atoms with van der Waals surface area (Å²) in [7, 11) is -4.39. The standard InChI is InChI=1S/C62H120NO8P/c1-3-5-7-9-11-13-15-17-19-21-23-25-27-29-31-32-34-36-38-40-42-44-46-48-50-52-54-61(64)68-58-60(59-70-72(66,67)69-57-56-63)71-62(65)55-53-51-49-47-45-43-41-39-37-35-33-30-28-26-24-22-20-18-16-14-12-10-8-6-4-2/h16,18,22,24,60H,3-15,17,19-21,23,25-59,63H2,1-2H3,(H,66,67)/b18-16-,24-22-. The number of allylic oxidation sites excluding steroid dienone is 4. The van der Waals surface area contributed by atoms with Crippen LogP contribution >= 0.6 is 7.82 Å². The maximum absolute atomic E-state index is 12.7. The lowest BCUT2D eigenvalue weighted by Gasteiger charge is -2.19. The molecule has 0 aromatic carbocycles. The fourth-order valence-corrected chi connectivity index (χ4v) is 10.2. The SMILES string of the molecule is CCCCCCC/C=C\C/C=C\CCCCCCCCCCCCCCCC(=O)OC(COC(=O)CCCCCCCCCCCCCCCCCCCCCCCCCCCC)COP(=O)(O)OCCN. The molecule has 0 rings (SSSR count). The van der Waals surface area contributed by atoms with Gasteiger partial charge in [-0.05, 0) is 44.9 Å². The number of esters is 2. The molecule has 3 N–H and O–H groups in total. The van der Waals surface area contributed by atoms with Gasteiger partial charge in [-0.15, -0.1) is 0 Å². The van der Waals surface area contributed by atoms with Crippen LogP contribution in [0.25, 0.3) is 0 Å². The maximum atomic E-state index is 12.7. The number of nitrogens with two attached hydrogens (primary N) is 1. The van der Waals surface area contributed by atoms with E-state index in [2.05, 4.69) is 38.2 Å². The van der Waals surface area contributed by atoms with Gasteiger partial charge in [0.2, 0.25) is 0 Å². The number of rotatable bonds is 60. The highest BCUT2D eigenvalue weighted by Crippen LogP contribution is 2.43. The average Bonchev–Trinajstić information content (AvgIpc) is 3.37. The van der Waals surface area contributed by atoms with Crippen LogP contribution in [0.5, 0.6) is 0 Å². The number of phosphoric acid groups is 1. The van der Waals surface area contributed by atoms with Crippen LogP contribution in [0.3, 0.4) is 0 Å². The molecule has 0 aliphatic rings. The zero-order chi connectivity index (χ0) is 52.4. The second-order valence-corrected chi connectivity index (χ2v) is 22.7. The molecular weight excluding hydrogens is 918 g/mol. The van der Waals surface area contributed by atoms with Gasteiger partial charge in [0, 0.05) is 19.4 Å². The topological polar surface area (TPSA) is 134 Å². The number of carbonyl (C=O) groups is 2. The average molecular weight is 1040 g/mol.